The lowest BCUT2D eigenvalue weighted by atomic mass is 10.1. The molecule has 276 valence electrons. The van der Waals surface area contributed by atoms with E-state index in [2.05, 4.69) is 41.5 Å². The number of hydrogen-bond donors (Lipinski definition) is 10. The standard InChI is InChI=1S/C30H48N12O8/c31-10-2-1-5-18(25(45)40-20(29(49)50)6-3-11-35-30(32)33)39-24(44)15-36-27(47)22-7-4-12-42(22)28(48)21(13-17-14-34-16-37-17)41-26(46)19-8-9-23(43)38-19/h14,16,18-22H,1-13,15,31H2,(H,34,37)(H,36,47)(H,38,43)(H,39,44)(H,40,45)(H,41,46)(H,49,50)(H4,32,33,35)/t18-,19-,20-,21-,22-/m0/s1. The summed E-state index contributed by atoms with van der Waals surface area (Å²) in [6.45, 7) is 0.233. The van der Waals surface area contributed by atoms with Crippen molar-refractivity contribution in [3.05, 3.63) is 18.2 Å². The number of carbonyl (C=O) groups excluding carboxylic acids is 6. The third-order valence-corrected chi connectivity index (χ3v) is 8.33. The summed E-state index contributed by atoms with van der Waals surface area (Å²) in [4.78, 5) is 101. The minimum atomic E-state index is -1.27. The molecule has 2 saturated heterocycles. The highest BCUT2D eigenvalue weighted by Gasteiger charge is 2.39. The van der Waals surface area contributed by atoms with Crippen LogP contribution in [0.3, 0.4) is 0 Å². The highest BCUT2D eigenvalue weighted by molar-refractivity contribution is 5.97. The molecule has 20 heteroatoms. The molecule has 0 unspecified atom stereocenters. The molecule has 0 saturated carbocycles. The normalized spacial score (nSPS) is 18.7. The lowest BCUT2D eigenvalue weighted by Crippen LogP contribution is -2.57. The second-order valence-electron chi connectivity index (χ2n) is 12.2. The lowest BCUT2D eigenvalue weighted by molar-refractivity contribution is -0.142. The number of amides is 6. The number of unbranched alkanes of at least 4 members (excludes halogenated alkanes) is 1. The zero-order valence-corrected chi connectivity index (χ0v) is 27.8. The summed E-state index contributed by atoms with van der Waals surface area (Å²) in [6, 6.07) is -5.13. The molecule has 3 heterocycles. The van der Waals surface area contributed by atoms with E-state index in [1.54, 1.807) is 0 Å². The van der Waals surface area contributed by atoms with E-state index < -0.39 is 72.3 Å². The van der Waals surface area contributed by atoms with Gasteiger partial charge in [0.15, 0.2) is 5.96 Å². The molecule has 0 bridgehead atoms. The van der Waals surface area contributed by atoms with Crippen molar-refractivity contribution in [1.29, 1.82) is 0 Å². The Hall–Kier alpha value is -5.27. The van der Waals surface area contributed by atoms with E-state index in [0.717, 1.165) is 0 Å². The number of hydrogen-bond acceptors (Lipinski definition) is 10. The van der Waals surface area contributed by atoms with E-state index in [1.807, 2.05) is 0 Å². The van der Waals surface area contributed by atoms with Gasteiger partial charge in [-0.05, 0) is 57.9 Å². The molecule has 2 aliphatic rings. The highest BCUT2D eigenvalue weighted by Crippen LogP contribution is 2.20. The molecule has 0 aliphatic carbocycles. The minimum Gasteiger partial charge on any atom is -0.480 e. The van der Waals surface area contributed by atoms with Crippen LogP contribution in [0.15, 0.2) is 17.5 Å². The highest BCUT2D eigenvalue weighted by atomic mass is 16.4. The summed E-state index contributed by atoms with van der Waals surface area (Å²) in [6.07, 6.45) is 5.81. The van der Waals surface area contributed by atoms with Gasteiger partial charge >= 0.3 is 5.97 Å². The molecule has 5 atom stereocenters. The Kier molecular flexibility index (Phi) is 15.4. The molecule has 50 heavy (non-hydrogen) atoms. The maximum Gasteiger partial charge on any atom is 0.326 e. The topological polar surface area (TPSA) is 322 Å². The van der Waals surface area contributed by atoms with Crippen molar-refractivity contribution in [2.45, 2.75) is 94.4 Å². The first kappa shape index (κ1) is 39.2. The van der Waals surface area contributed by atoms with Crippen molar-refractivity contribution in [1.82, 2.24) is 41.5 Å². The number of aliphatic carboxylic acids is 1. The molecular formula is C30H48N12O8. The van der Waals surface area contributed by atoms with Crippen molar-refractivity contribution in [3.8, 4) is 0 Å². The molecule has 0 spiro atoms. The zero-order chi connectivity index (χ0) is 36.6. The number of likely N-dealkylation sites (tertiary alicyclic amines) is 1. The number of carboxylic acid groups (broad SMARTS) is 1. The first-order valence-electron chi connectivity index (χ1n) is 16.6. The second-order valence-corrected chi connectivity index (χ2v) is 12.2. The van der Waals surface area contributed by atoms with Gasteiger partial charge in [-0.15, -0.1) is 0 Å². The minimum absolute atomic E-state index is 0.0392. The number of H-pyrrole nitrogens is 1. The summed E-state index contributed by atoms with van der Waals surface area (Å²) in [7, 11) is 0. The van der Waals surface area contributed by atoms with Crippen LogP contribution in [0.4, 0.5) is 0 Å². The molecule has 0 radical (unpaired) electrons. The number of aliphatic imine (C=N–C) groups is 1. The average Bonchev–Trinajstić information content (AvgIpc) is 3.86. The number of nitrogens with two attached hydrogens (primary N) is 3. The first-order valence-corrected chi connectivity index (χ1v) is 16.6. The molecule has 20 nitrogen and oxygen atoms in total. The number of rotatable bonds is 20. The van der Waals surface area contributed by atoms with Crippen molar-refractivity contribution in [2.75, 3.05) is 26.2 Å². The third kappa shape index (κ3) is 12.3. The molecule has 1 aromatic rings. The van der Waals surface area contributed by atoms with Gasteiger partial charge in [0.25, 0.3) is 0 Å². The summed E-state index contributed by atoms with van der Waals surface area (Å²) in [5.41, 5.74) is 16.7. The van der Waals surface area contributed by atoms with E-state index in [1.165, 1.54) is 17.4 Å². The Morgan fingerprint density at radius 3 is 2.40 bits per heavy atom. The van der Waals surface area contributed by atoms with Crippen LogP contribution in [0.5, 0.6) is 0 Å². The first-order chi connectivity index (χ1) is 23.9. The predicted molar refractivity (Wildman–Crippen MR) is 177 cm³/mol. The third-order valence-electron chi connectivity index (χ3n) is 8.33. The molecule has 1 aromatic heterocycles. The fourth-order valence-corrected chi connectivity index (χ4v) is 5.73. The van der Waals surface area contributed by atoms with Crippen LogP contribution >= 0.6 is 0 Å². The Balaban J connectivity index is 1.60. The van der Waals surface area contributed by atoms with E-state index in [-0.39, 0.29) is 57.1 Å². The number of carboxylic acids is 1. The van der Waals surface area contributed by atoms with Crippen LogP contribution in [0.2, 0.25) is 0 Å². The number of nitrogens with zero attached hydrogens (tertiary/aromatic N) is 3. The summed E-state index contributed by atoms with van der Waals surface area (Å²) >= 11 is 0. The Bertz CT molecular complexity index is 1380. The quantitative estimate of drug-likeness (QED) is 0.0353. The largest absolute Gasteiger partial charge is 0.480 e. The Morgan fingerprint density at radius 2 is 1.76 bits per heavy atom. The summed E-state index contributed by atoms with van der Waals surface area (Å²) < 4.78 is 0. The van der Waals surface area contributed by atoms with E-state index in [9.17, 15) is 38.7 Å². The van der Waals surface area contributed by atoms with Crippen LogP contribution in [0.1, 0.15) is 63.5 Å². The van der Waals surface area contributed by atoms with Crippen LogP contribution in [0, 0.1) is 0 Å². The number of imidazole rings is 1. The van der Waals surface area contributed by atoms with Crippen LogP contribution < -0.4 is 43.8 Å². The molecule has 2 fully saturated rings. The SMILES string of the molecule is NCCCC[C@H](NC(=O)CNC(=O)[C@@H]1CCCN1C(=O)[C@H](Cc1cnc[nH]1)NC(=O)[C@@H]1CCC(=O)N1)C(=O)N[C@@H](CCCN=C(N)N)C(=O)O. The van der Waals surface area contributed by atoms with Gasteiger partial charge in [-0.1, -0.05) is 0 Å². The van der Waals surface area contributed by atoms with Gasteiger partial charge < -0.3 is 58.8 Å². The Morgan fingerprint density at radius 1 is 1.00 bits per heavy atom. The van der Waals surface area contributed by atoms with Crippen LogP contribution in [-0.4, -0.2) is 124 Å². The van der Waals surface area contributed by atoms with Crippen LogP contribution in [0.25, 0.3) is 0 Å². The van der Waals surface area contributed by atoms with Crippen molar-refractivity contribution >= 4 is 47.4 Å². The Labute approximate surface area is 288 Å². The number of aromatic nitrogens is 2. The average molecular weight is 705 g/mol. The van der Waals surface area contributed by atoms with E-state index in [0.29, 0.717) is 44.3 Å². The monoisotopic (exact) mass is 704 g/mol. The molecule has 13 N–H and O–H groups in total. The molecule has 0 aromatic carbocycles. The number of guanidine groups is 1. The number of aromatic amines is 1. The lowest BCUT2D eigenvalue weighted by Gasteiger charge is -2.29. The number of nitrogens with one attached hydrogen (secondary N) is 6. The maximum atomic E-state index is 13.8. The maximum absolute atomic E-state index is 13.8. The van der Waals surface area contributed by atoms with Crippen molar-refractivity contribution < 1.29 is 38.7 Å². The van der Waals surface area contributed by atoms with Gasteiger partial charge in [-0.3, -0.25) is 33.8 Å². The smallest absolute Gasteiger partial charge is 0.326 e. The van der Waals surface area contributed by atoms with Crippen LogP contribution in [-0.2, 0) is 40.0 Å². The summed E-state index contributed by atoms with van der Waals surface area (Å²) in [5.74, 6) is -4.72. The molecule has 2 aliphatic heterocycles. The van der Waals surface area contributed by atoms with Crippen molar-refractivity contribution in [3.63, 3.8) is 0 Å². The summed E-state index contributed by atoms with van der Waals surface area (Å²) in [5, 5.41) is 22.4. The molecule has 6 amide bonds. The molecular weight excluding hydrogens is 656 g/mol. The predicted octanol–water partition coefficient (Wildman–Crippen LogP) is -3.94. The van der Waals surface area contributed by atoms with Gasteiger partial charge in [-0.25, -0.2) is 9.78 Å². The van der Waals surface area contributed by atoms with Gasteiger partial charge in [0.1, 0.15) is 30.2 Å². The van der Waals surface area contributed by atoms with Crippen molar-refractivity contribution in [2.24, 2.45) is 22.2 Å². The second kappa shape index (κ2) is 19.7. The fraction of sp³-hybridized carbons (Fsp3) is 0.633. The van der Waals surface area contributed by atoms with E-state index in [4.69, 9.17) is 17.2 Å². The number of carbonyl (C=O) groups is 7. The zero-order valence-electron chi connectivity index (χ0n) is 27.8. The fourth-order valence-electron chi connectivity index (χ4n) is 5.73. The van der Waals surface area contributed by atoms with Gasteiger partial charge in [0, 0.05) is 37.8 Å². The van der Waals surface area contributed by atoms with Gasteiger partial charge in [0.2, 0.25) is 35.4 Å². The molecule has 3 rings (SSSR count). The van der Waals surface area contributed by atoms with E-state index >= 15 is 0 Å². The van der Waals surface area contributed by atoms with Gasteiger partial charge in [0.05, 0.1) is 12.9 Å². The van der Waals surface area contributed by atoms with Gasteiger partial charge in [-0.2, -0.15) is 0 Å².